The van der Waals surface area contributed by atoms with Gasteiger partial charge in [-0.05, 0) is 24.3 Å². The van der Waals surface area contributed by atoms with Crippen LogP contribution in [0.3, 0.4) is 0 Å². The summed E-state index contributed by atoms with van der Waals surface area (Å²) in [5, 5.41) is 3.34. The average molecular weight is 210 g/mol. The number of hydrogen-bond acceptors (Lipinski definition) is 2. The second-order valence-corrected chi connectivity index (χ2v) is 3.50. The summed E-state index contributed by atoms with van der Waals surface area (Å²) < 4.78 is 0. The Morgan fingerprint density at radius 3 is 3.00 bits per heavy atom. The quantitative estimate of drug-likeness (QED) is 0.772. The summed E-state index contributed by atoms with van der Waals surface area (Å²) in [5.74, 6) is 0. The largest absolute Gasteiger partial charge is 0.306 e. The van der Waals surface area contributed by atoms with Crippen LogP contribution in [-0.4, -0.2) is 11.5 Å². The topological polar surface area (TPSA) is 24.9 Å². The molecule has 0 amide bonds. The van der Waals surface area contributed by atoms with Gasteiger partial charge in [-0.15, -0.1) is 5.73 Å². The van der Waals surface area contributed by atoms with Crippen molar-refractivity contribution in [2.24, 2.45) is 0 Å². The standard InChI is InChI=1S/C14H14N2/c1-2-4-8-13(7-3-1)11-15-12-14-9-5-6-10-16-14/h1-7,9-10,15H,11-12H2. The third kappa shape index (κ3) is 3.35. The highest BCUT2D eigenvalue weighted by atomic mass is 14.9. The zero-order valence-corrected chi connectivity index (χ0v) is 9.06. The highest BCUT2D eigenvalue weighted by molar-refractivity contribution is 5.28. The lowest BCUT2D eigenvalue weighted by Gasteiger charge is -2.03. The van der Waals surface area contributed by atoms with Crippen molar-refractivity contribution in [2.45, 2.75) is 6.54 Å². The van der Waals surface area contributed by atoms with Crippen LogP contribution in [0.2, 0.25) is 0 Å². The smallest absolute Gasteiger partial charge is 0.0541 e. The predicted molar refractivity (Wildman–Crippen MR) is 65.8 cm³/mol. The van der Waals surface area contributed by atoms with E-state index in [1.54, 1.807) is 0 Å². The lowest BCUT2D eigenvalue weighted by molar-refractivity contribution is 0.730. The van der Waals surface area contributed by atoms with Gasteiger partial charge in [0, 0.05) is 24.9 Å². The van der Waals surface area contributed by atoms with Gasteiger partial charge in [-0.2, -0.15) is 0 Å². The van der Waals surface area contributed by atoms with Crippen LogP contribution in [0, 0.1) is 0 Å². The fraction of sp³-hybridized carbons (Fsp3) is 0.143. The molecule has 0 saturated carbocycles. The Labute approximate surface area is 95.7 Å². The molecule has 0 unspecified atom stereocenters. The zero-order chi connectivity index (χ0) is 11.1. The molecule has 2 rings (SSSR count). The molecule has 0 bridgehead atoms. The van der Waals surface area contributed by atoms with Crippen molar-refractivity contribution in [3.63, 3.8) is 0 Å². The highest BCUT2D eigenvalue weighted by Gasteiger charge is 1.94. The molecular formula is C14H14N2. The third-order valence-corrected chi connectivity index (χ3v) is 2.23. The van der Waals surface area contributed by atoms with Crippen LogP contribution in [0.15, 0.2) is 66.1 Å². The van der Waals surface area contributed by atoms with Gasteiger partial charge >= 0.3 is 0 Å². The molecule has 2 nitrogen and oxygen atoms in total. The lowest BCUT2D eigenvalue weighted by atomic mass is 10.2. The van der Waals surface area contributed by atoms with Crippen molar-refractivity contribution < 1.29 is 0 Å². The molecule has 1 aromatic heterocycles. The molecule has 1 aliphatic carbocycles. The van der Waals surface area contributed by atoms with E-state index in [9.17, 15) is 0 Å². The normalized spacial score (nSPS) is 13.6. The van der Waals surface area contributed by atoms with Crippen molar-refractivity contribution >= 4 is 0 Å². The number of nitrogens with zero attached hydrogens (tertiary/aromatic N) is 1. The Hall–Kier alpha value is -1.89. The number of allylic oxidation sites excluding steroid dienone is 3. The first-order valence-electron chi connectivity index (χ1n) is 5.35. The predicted octanol–water partition coefficient (Wildman–Crippen LogP) is 2.38. The maximum Gasteiger partial charge on any atom is 0.0541 e. The summed E-state index contributed by atoms with van der Waals surface area (Å²) in [6, 6.07) is 5.94. The Kier molecular flexibility index (Phi) is 3.89. The fourth-order valence-corrected chi connectivity index (χ4v) is 1.43. The number of rotatable bonds is 4. The van der Waals surface area contributed by atoms with E-state index in [4.69, 9.17) is 0 Å². The van der Waals surface area contributed by atoms with Crippen molar-refractivity contribution in [2.75, 3.05) is 6.54 Å². The van der Waals surface area contributed by atoms with E-state index in [0.717, 1.165) is 24.4 Å². The van der Waals surface area contributed by atoms with Gasteiger partial charge in [-0.3, -0.25) is 4.98 Å². The first-order chi connectivity index (χ1) is 7.95. The van der Waals surface area contributed by atoms with E-state index in [1.165, 1.54) is 0 Å². The Balaban J connectivity index is 1.83. The van der Waals surface area contributed by atoms with Crippen LogP contribution in [0.5, 0.6) is 0 Å². The first-order valence-corrected chi connectivity index (χ1v) is 5.35. The van der Waals surface area contributed by atoms with Gasteiger partial charge in [-0.1, -0.05) is 24.3 Å². The first kappa shape index (κ1) is 10.6. The molecule has 2 heteroatoms. The third-order valence-electron chi connectivity index (χ3n) is 2.23. The average Bonchev–Trinajstić information content (AvgIpc) is 2.59. The van der Waals surface area contributed by atoms with Crippen LogP contribution in [-0.2, 0) is 6.54 Å². The summed E-state index contributed by atoms with van der Waals surface area (Å²) >= 11 is 0. The van der Waals surface area contributed by atoms with Crippen molar-refractivity contribution in [1.29, 1.82) is 0 Å². The number of hydrogen-bond donors (Lipinski definition) is 1. The van der Waals surface area contributed by atoms with E-state index in [-0.39, 0.29) is 0 Å². The van der Waals surface area contributed by atoms with Gasteiger partial charge < -0.3 is 5.32 Å². The minimum Gasteiger partial charge on any atom is -0.306 e. The molecule has 1 heterocycles. The van der Waals surface area contributed by atoms with Gasteiger partial charge in [0.05, 0.1) is 5.69 Å². The second-order valence-electron chi connectivity index (χ2n) is 3.50. The molecule has 16 heavy (non-hydrogen) atoms. The maximum absolute atomic E-state index is 4.25. The number of pyridine rings is 1. The Bertz CT molecular complexity index is 449. The minimum absolute atomic E-state index is 0.785. The van der Waals surface area contributed by atoms with E-state index in [2.05, 4.69) is 22.1 Å². The molecule has 0 atom stereocenters. The summed E-state index contributed by atoms with van der Waals surface area (Å²) in [6.07, 6.45) is 11.8. The van der Waals surface area contributed by atoms with E-state index in [0.29, 0.717) is 0 Å². The van der Waals surface area contributed by atoms with E-state index >= 15 is 0 Å². The van der Waals surface area contributed by atoms with E-state index < -0.39 is 0 Å². The molecule has 1 aromatic rings. The van der Waals surface area contributed by atoms with Crippen molar-refractivity contribution in [1.82, 2.24) is 10.3 Å². The number of aromatic nitrogens is 1. The molecule has 1 aliphatic rings. The molecule has 80 valence electrons. The van der Waals surface area contributed by atoms with Gasteiger partial charge in [0.1, 0.15) is 0 Å². The zero-order valence-electron chi connectivity index (χ0n) is 9.06. The lowest BCUT2D eigenvalue weighted by Crippen LogP contribution is -2.16. The molecule has 0 aliphatic heterocycles. The molecule has 0 spiro atoms. The van der Waals surface area contributed by atoms with Crippen molar-refractivity contribution in [3.05, 3.63) is 71.8 Å². The molecule has 0 saturated heterocycles. The van der Waals surface area contributed by atoms with Crippen LogP contribution in [0.1, 0.15) is 5.69 Å². The second kappa shape index (κ2) is 5.86. The van der Waals surface area contributed by atoms with Crippen molar-refractivity contribution in [3.8, 4) is 0 Å². The molecule has 0 radical (unpaired) electrons. The SMILES string of the molecule is C1=CC=CC=CC=1CNCc1ccccn1. The van der Waals surface area contributed by atoms with Crippen LogP contribution in [0.25, 0.3) is 0 Å². The van der Waals surface area contributed by atoms with Crippen LogP contribution >= 0.6 is 0 Å². The molecule has 0 fully saturated rings. The Morgan fingerprint density at radius 1 is 1.12 bits per heavy atom. The Morgan fingerprint density at radius 2 is 2.12 bits per heavy atom. The highest BCUT2D eigenvalue weighted by Crippen LogP contribution is 1.98. The summed E-state index contributed by atoms with van der Waals surface area (Å²) in [6.45, 7) is 1.60. The molecule has 1 N–H and O–H groups in total. The minimum atomic E-state index is 0.785. The molecular weight excluding hydrogens is 196 g/mol. The van der Waals surface area contributed by atoms with Gasteiger partial charge in [0.2, 0.25) is 0 Å². The van der Waals surface area contributed by atoms with Gasteiger partial charge in [-0.25, -0.2) is 0 Å². The van der Waals surface area contributed by atoms with Gasteiger partial charge in [0.15, 0.2) is 0 Å². The summed E-state index contributed by atoms with van der Waals surface area (Å²) in [4.78, 5) is 4.25. The monoisotopic (exact) mass is 210 g/mol. The summed E-state index contributed by atoms with van der Waals surface area (Å²) in [5.41, 5.74) is 5.41. The number of nitrogens with one attached hydrogen (secondary N) is 1. The maximum atomic E-state index is 4.25. The van der Waals surface area contributed by atoms with Gasteiger partial charge in [0.25, 0.3) is 0 Å². The van der Waals surface area contributed by atoms with E-state index in [1.807, 2.05) is 48.7 Å². The molecule has 0 aromatic carbocycles. The summed E-state index contributed by atoms with van der Waals surface area (Å²) in [7, 11) is 0. The fourth-order valence-electron chi connectivity index (χ4n) is 1.43. The van der Waals surface area contributed by atoms with Crippen LogP contribution in [0.4, 0.5) is 0 Å². The van der Waals surface area contributed by atoms with Crippen LogP contribution < -0.4 is 5.32 Å².